The highest BCUT2D eigenvalue weighted by molar-refractivity contribution is 5.87. The van der Waals surface area contributed by atoms with Gasteiger partial charge in [0.25, 0.3) is 0 Å². The lowest BCUT2D eigenvalue weighted by molar-refractivity contribution is 0.0506. The number of hydrogen-bond acceptors (Lipinski definition) is 3. The van der Waals surface area contributed by atoms with E-state index in [4.69, 9.17) is 14.6 Å². The summed E-state index contributed by atoms with van der Waals surface area (Å²) >= 11 is 0. The second kappa shape index (κ2) is 14.6. The van der Waals surface area contributed by atoms with E-state index >= 15 is 0 Å². The van der Waals surface area contributed by atoms with Crippen molar-refractivity contribution in [3.63, 3.8) is 0 Å². The third-order valence-electron chi connectivity index (χ3n) is 4.53. The smallest absolute Gasteiger partial charge is 0.335 e. The first-order chi connectivity index (χ1) is 12.6. The maximum atomic E-state index is 10.8. The molecule has 1 rings (SSSR count). The Morgan fingerprint density at radius 2 is 1.54 bits per heavy atom. The standard InChI is InChI=1S/C22H36O4/c1-3-4-5-6-7-8-9-10-12-19(2)25-17-11-18-26-21-15-13-20(14-16-21)22(23)24/h13-16,19H,3-12,17-18H2,1-2H3,(H,23,24). The third kappa shape index (κ3) is 11.1. The number of benzene rings is 1. The summed E-state index contributed by atoms with van der Waals surface area (Å²) in [5.74, 6) is -0.225. The molecule has 0 saturated carbocycles. The highest BCUT2D eigenvalue weighted by Gasteiger charge is 2.04. The van der Waals surface area contributed by atoms with Gasteiger partial charge in [-0.1, -0.05) is 58.3 Å². The Hall–Kier alpha value is -1.55. The molecule has 0 aliphatic heterocycles. The van der Waals surface area contributed by atoms with Crippen molar-refractivity contribution in [2.45, 2.75) is 84.2 Å². The predicted octanol–water partition coefficient (Wildman–Crippen LogP) is 6.09. The molecule has 148 valence electrons. The Labute approximate surface area is 158 Å². The largest absolute Gasteiger partial charge is 0.494 e. The Morgan fingerprint density at radius 1 is 0.923 bits per heavy atom. The first kappa shape index (κ1) is 22.5. The minimum absolute atomic E-state index is 0.274. The molecule has 4 heteroatoms. The number of carboxylic acid groups (broad SMARTS) is 1. The van der Waals surface area contributed by atoms with Crippen LogP contribution in [0.5, 0.6) is 5.75 Å². The van der Waals surface area contributed by atoms with E-state index in [-0.39, 0.29) is 5.56 Å². The Bertz CT molecular complexity index is 470. The van der Waals surface area contributed by atoms with Crippen molar-refractivity contribution in [2.75, 3.05) is 13.2 Å². The fourth-order valence-corrected chi connectivity index (χ4v) is 2.88. The van der Waals surface area contributed by atoms with Gasteiger partial charge < -0.3 is 14.6 Å². The summed E-state index contributed by atoms with van der Waals surface area (Å²) in [5, 5.41) is 8.85. The Balaban J connectivity index is 1.94. The summed E-state index contributed by atoms with van der Waals surface area (Å²) in [6, 6.07) is 6.49. The van der Waals surface area contributed by atoms with Crippen molar-refractivity contribution in [2.24, 2.45) is 0 Å². The van der Waals surface area contributed by atoms with Crippen molar-refractivity contribution in [3.8, 4) is 5.75 Å². The Kier molecular flexibility index (Phi) is 12.6. The van der Waals surface area contributed by atoms with Gasteiger partial charge in [0, 0.05) is 6.42 Å². The zero-order valence-corrected chi connectivity index (χ0v) is 16.5. The van der Waals surface area contributed by atoms with E-state index in [0.29, 0.717) is 25.1 Å². The topological polar surface area (TPSA) is 55.8 Å². The van der Waals surface area contributed by atoms with Crippen molar-refractivity contribution in [3.05, 3.63) is 29.8 Å². The Morgan fingerprint density at radius 3 is 2.15 bits per heavy atom. The molecule has 0 amide bonds. The van der Waals surface area contributed by atoms with Crippen LogP contribution in [0.3, 0.4) is 0 Å². The summed E-state index contributed by atoms with van der Waals surface area (Å²) in [7, 11) is 0. The van der Waals surface area contributed by atoms with Crippen LogP contribution in [0.1, 0.15) is 88.4 Å². The van der Waals surface area contributed by atoms with Crippen molar-refractivity contribution >= 4 is 5.97 Å². The van der Waals surface area contributed by atoms with Crippen molar-refractivity contribution in [1.29, 1.82) is 0 Å². The summed E-state index contributed by atoms with van der Waals surface area (Å²) in [6.45, 7) is 5.68. The van der Waals surface area contributed by atoms with Crippen molar-refractivity contribution in [1.82, 2.24) is 0 Å². The van der Waals surface area contributed by atoms with Crippen molar-refractivity contribution < 1.29 is 19.4 Å². The van der Waals surface area contributed by atoms with Gasteiger partial charge in [-0.2, -0.15) is 0 Å². The van der Waals surface area contributed by atoms with Crippen LogP contribution in [-0.4, -0.2) is 30.4 Å². The van der Waals surface area contributed by atoms with Crippen LogP contribution in [0.4, 0.5) is 0 Å². The van der Waals surface area contributed by atoms with Gasteiger partial charge in [0.2, 0.25) is 0 Å². The summed E-state index contributed by atoms with van der Waals surface area (Å²) < 4.78 is 11.4. The maximum absolute atomic E-state index is 10.8. The molecule has 0 radical (unpaired) electrons. The van der Waals surface area contributed by atoms with Gasteiger partial charge in [-0.25, -0.2) is 4.79 Å². The quantitative estimate of drug-likeness (QED) is 0.361. The molecule has 26 heavy (non-hydrogen) atoms. The second-order valence-electron chi connectivity index (χ2n) is 6.98. The van der Waals surface area contributed by atoms with E-state index < -0.39 is 5.97 Å². The number of carboxylic acids is 1. The van der Waals surface area contributed by atoms with E-state index in [1.165, 1.54) is 51.4 Å². The van der Waals surface area contributed by atoms with Crippen LogP contribution < -0.4 is 4.74 Å². The summed E-state index contributed by atoms with van der Waals surface area (Å²) in [4.78, 5) is 10.8. The average Bonchev–Trinajstić information content (AvgIpc) is 2.64. The summed E-state index contributed by atoms with van der Waals surface area (Å²) in [5.41, 5.74) is 0.274. The monoisotopic (exact) mass is 364 g/mol. The van der Waals surface area contributed by atoms with Gasteiger partial charge in [-0.15, -0.1) is 0 Å². The first-order valence-electron chi connectivity index (χ1n) is 10.2. The van der Waals surface area contributed by atoms with Crippen LogP contribution in [-0.2, 0) is 4.74 Å². The molecule has 1 aromatic rings. The number of aromatic carboxylic acids is 1. The molecule has 0 spiro atoms. The fourth-order valence-electron chi connectivity index (χ4n) is 2.88. The predicted molar refractivity (Wildman–Crippen MR) is 106 cm³/mol. The molecule has 1 N–H and O–H groups in total. The van der Waals surface area contributed by atoms with Gasteiger partial charge in [0.1, 0.15) is 5.75 Å². The van der Waals surface area contributed by atoms with Gasteiger partial charge >= 0.3 is 5.97 Å². The molecule has 0 fully saturated rings. The van der Waals surface area contributed by atoms with Crippen LogP contribution >= 0.6 is 0 Å². The van der Waals surface area contributed by atoms with Gasteiger partial charge in [0.05, 0.1) is 24.9 Å². The van der Waals surface area contributed by atoms with Gasteiger partial charge in [-0.05, 0) is 37.6 Å². The number of hydrogen-bond donors (Lipinski definition) is 1. The number of carbonyl (C=O) groups is 1. The molecule has 1 unspecified atom stereocenters. The molecule has 1 atom stereocenters. The van der Waals surface area contributed by atoms with E-state index in [1.54, 1.807) is 24.3 Å². The SMILES string of the molecule is CCCCCCCCCCC(C)OCCCOc1ccc(C(=O)O)cc1. The lowest BCUT2D eigenvalue weighted by atomic mass is 10.1. The van der Waals surface area contributed by atoms with E-state index in [0.717, 1.165) is 12.8 Å². The zero-order chi connectivity index (χ0) is 19.0. The zero-order valence-electron chi connectivity index (χ0n) is 16.5. The minimum atomic E-state index is -0.921. The molecule has 4 nitrogen and oxygen atoms in total. The molecule has 0 saturated heterocycles. The second-order valence-corrected chi connectivity index (χ2v) is 6.98. The molecule has 0 aliphatic carbocycles. The lowest BCUT2D eigenvalue weighted by Crippen LogP contribution is -2.11. The average molecular weight is 365 g/mol. The van der Waals surface area contributed by atoms with E-state index in [2.05, 4.69) is 13.8 Å². The van der Waals surface area contributed by atoms with E-state index in [1.807, 2.05) is 0 Å². The van der Waals surface area contributed by atoms with Gasteiger partial charge in [-0.3, -0.25) is 0 Å². The molecule has 0 aliphatic rings. The first-order valence-corrected chi connectivity index (χ1v) is 10.2. The molecule has 0 aromatic heterocycles. The van der Waals surface area contributed by atoms with Crippen LogP contribution in [0.25, 0.3) is 0 Å². The molecular weight excluding hydrogens is 328 g/mol. The minimum Gasteiger partial charge on any atom is -0.494 e. The van der Waals surface area contributed by atoms with Gasteiger partial charge in [0.15, 0.2) is 0 Å². The lowest BCUT2D eigenvalue weighted by Gasteiger charge is -2.13. The highest BCUT2D eigenvalue weighted by atomic mass is 16.5. The normalized spacial score (nSPS) is 12.1. The summed E-state index contributed by atoms with van der Waals surface area (Å²) in [6.07, 6.45) is 13.0. The third-order valence-corrected chi connectivity index (χ3v) is 4.53. The highest BCUT2D eigenvalue weighted by Crippen LogP contribution is 2.13. The van der Waals surface area contributed by atoms with E-state index in [9.17, 15) is 4.79 Å². The van der Waals surface area contributed by atoms with Crippen LogP contribution in [0.15, 0.2) is 24.3 Å². The molecule has 1 aromatic carbocycles. The van der Waals surface area contributed by atoms with Crippen LogP contribution in [0.2, 0.25) is 0 Å². The maximum Gasteiger partial charge on any atom is 0.335 e. The number of ether oxygens (including phenoxy) is 2. The molecule has 0 bridgehead atoms. The number of unbranched alkanes of at least 4 members (excludes halogenated alkanes) is 7. The molecular formula is C22H36O4. The molecule has 0 heterocycles. The number of rotatable bonds is 16. The van der Waals surface area contributed by atoms with Crippen LogP contribution in [0, 0.1) is 0 Å². The fraction of sp³-hybridized carbons (Fsp3) is 0.682.